The van der Waals surface area contributed by atoms with Crippen LogP contribution in [-0.2, 0) is 25.4 Å². The minimum atomic E-state index is -3.19. The van der Waals surface area contributed by atoms with Gasteiger partial charge in [-0.25, -0.2) is 4.79 Å². The van der Waals surface area contributed by atoms with Gasteiger partial charge in [0.15, 0.2) is 11.5 Å². The molecule has 1 aromatic heterocycles. The Hall–Kier alpha value is -3.96. The molecule has 6 atom stereocenters. The fraction of sp³-hybridized carbons (Fsp3) is 0.515. The summed E-state index contributed by atoms with van der Waals surface area (Å²) in [4.78, 5) is 33.6. The third kappa shape index (κ3) is 4.92. The van der Waals surface area contributed by atoms with Crippen LogP contribution < -0.4 is 18.9 Å². The van der Waals surface area contributed by atoms with E-state index in [0.29, 0.717) is 18.7 Å². The molecule has 0 spiro atoms. The van der Waals surface area contributed by atoms with Crippen LogP contribution in [0.25, 0.3) is 10.9 Å². The lowest BCUT2D eigenvalue weighted by atomic mass is 9.61. The molecule has 1 saturated carbocycles. The van der Waals surface area contributed by atoms with Gasteiger partial charge >= 0.3 is 11.9 Å². The Kier molecular flexibility index (Phi) is 5.80. The molecular formula is C33H40N2O9. The van der Waals surface area contributed by atoms with E-state index in [1.165, 1.54) is 14.2 Å². The molecule has 1 saturated heterocycles. The summed E-state index contributed by atoms with van der Waals surface area (Å²) in [5.74, 6) is -4.73. The van der Waals surface area contributed by atoms with E-state index < -0.39 is 74.0 Å². The molecule has 3 aromatic rings. The van der Waals surface area contributed by atoms with Crippen molar-refractivity contribution in [1.29, 1.82) is 0 Å². The molecule has 0 radical (unpaired) electrons. The van der Waals surface area contributed by atoms with Gasteiger partial charge in [0.1, 0.15) is 18.0 Å². The maximum atomic E-state index is 13.9. The molecule has 44 heavy (non-hydrogen) atoms. The number of piperidine rings is 1. The van der Waals surface area contributed by atoms with Crippen molar-refractivity contribution < 1.29 is 55.1 Å². The Bertz CT molecular complexity index is 1820. The van der Waals surface area contributed by atoms with Gasteiger partial charge in [-0.1, -0.05) is 0 Å². The van der Waals surface area contributed by atoms with Crippen molar-refractivity contribution in [3.63, 3.8) is 0 Å². The van der Waals surface area contributed by atoms with Gasteiger partial charge in [-0.15, -0.1) is 0 Å². The number of hydrogen-bond acceptors (Lipinski definition) is 10. The predicted octanol–water partition coefficient (Wildman–Crippen LogP) is 4.17. The predicted molar refractivity (Wildman–Crippen MR) is 161 cm³/mol. The standard InChI is InChI=1S/C33H40N2O9/c1-38-19-7-8-20-21-10-12-35-11-9-17-13-25(44-32(36)18-14-23(39-2)30(41-4)24(15-18)40-3)31(42-5)27(33(37)43-6)26(17)29(35)28(21)34-22(20)16-19/h7-8,14-17,25-27,29,31,34H,9-13H2,1-6H3/t17-,25+,26-,27-,29+,31-/m0/s1/i2D3,3D3,4D3. The number of nitrogens with one attached hydrogen (secondary N) is 1. The van der Waals surface area contributed by atoms with Gasteiger partial charge in [0.05, 0.1) is 65.2 Å². The molecule has 0 amide bonds. The number of methoxy groups -OCH3 is 6. The van der Waals surface area contributed by atoms with Gasteiger partial charge in [-0.05, 0) is 67.5 Å². The molecule has 3 heterocycles. The van der Waals surface area contributed by atoms with Crippen molar-refractivity contribution in [2.24, 2.45) is 17.8 Å². The number of fused-ring (bicyclic) bond motifs is 7. The SMILES string of the molecule is [2H]C([2H])([2H])Oc1cc(C(=O)O[C@@H]2C[C@@H]3CCN4CCc5c([nH]c6cc(OC)ccc56)[C@H]4[C@@H]3[C@H](C(=O)OC)[C@H]2OC)cc(OC([2H])([2H])[2H])c1OC([2H])([2H])[2H]. The van der Waals surface area contributed by atoms with Crippen LogP contribution in [0.1, 0.15) is 52.8 Å². The molecule has 2 aliphatic heterocycles. The van der Waals surface area contributed by atoms with E-state index in [4.69, 9.17) is 45.5 Å². The molecule has 2 aromatic carbocycles. The topological polar surface area (TPSA) is 118 Å². The molecule has 11 nitrogen and oxygen atoms in total. The zero-order chi connectivity index (χ0) is 38.6. The maximum absolute atomic E-state index is 13.9. The molecular weight excluding hydrogens is 568 g/mol. The Morgan fingerprint density at radius 1 is 0.977 bits per heavy atom. The minimum Gasteiger partial charge on any atom is -0.497 e. The Morgan fingerprint density at radius 2 is 1.75 bits per heavy atom. The van der Waals surface area contributed by atoms with E-state index in [-0.39, 0.29) is 24.3 Å². The maximum Gasteiger partial charge on any atom is 0.338 e. The number of nitrogens with zero attached hydrogens (tertiary/aromatic N) is 1. The van der Waals surface area contributed by atoms with Gasteiger partial charge in [-0.3, -0.25) is 9.69 Å². The second-order valence-corrected chi connectivity index (χ2v) is 11.3. The van der Waals surface area contributed by atoms with Crippen LogP contribution in [0, 0.1) is 17.8 Å². The number of aromatic nitrogens is 1. The number of esters is 2. The Labute approximate surface area is 269 Å². The number of rotatable bonds is 8. The number of H-pyrrole nitrogens is 1. The van der Waals surface area contributed by atoms with Crippen molar-refractivity contribution in [1.82, 2.24) is 9.88 Å². The highest BCUT2D eigenvalue weighted by molar-refractivity contribution is 5.91. The van der Waals surface area contributed by atoms with Crippen LogP contribution in [0.2, 0.25) is 0 Å². The second-order valence-electron chi connectivity index (χ2n) is 11.3. The summed E-state index contributed by atoms with van der Waals surface area (Å²) in [5, 5.41) is 1.07. The fourth-order valence-electron chi connectivity index (χ4n) is 7.59. The fourth-order valence-corrected chi connectivity index (χ4v) is 7.59. The summed E-state index contributed by atoms with van der Waals surface area (Å²) in [6.07, 6.45) is -0.234. The number of benzene rings is 2. The molecule has 1 N–H and O–H groups in total. The molecule has 2 fully saturated rings. The first-order chi connectivity index (χ1) is 24.8. The van der Waals surface area contributed by atoms with Crippen molar-refractivity contribution in [3.8, 4) is 23.0 Å². The summed E-state index contributed by atoms with van der Waals surface area (Å²) in [6, 6.07) is 7.39. The number of carbonyl (C=O) groups is 2. The number of hydrogen-bond donors (Lipinski definition) is 1. The van der Waals surface area contributed by atoms with Gasteiger partial charge in [0.2, 0.25) is 5.75 Å². The molecule has 11 heteroatoms. The first kappa shape index (κ1) is 20.9. The smallest absolute Gasteiger partial charge is 0.338 e. The third-order valence-corrected chi connectivity index (χ3v) is 9.43. The van der Waals surface area contributed by atoms with Gasteiger partial charge in [0.25, 0.3) is 0 Å². The van der Waals surface area contributed by atoms with E-state index in [1.807, 2.05) is 18.2 Å². The van der Waals surface area contributed by atoms with Crippen molar-refractivity contribution in [2.45, 2.75) is 37.5 Å². The van der Waals surface area contributed by atoms with Crippen molar-refractivity contribution in [2.75, 3.05) is 55.5 Å². The summed E-state index contributed by atoms with van der Waals surface area (Å²) in [6.45, 7) is 1.49. The van der Waals surface area contributed by atoms with E-state index in [9.17, 15) is 9.59 Å². The first-order valence-electron chi connectivity index (χ1n) is 18.8. The average Bonchev–Trinajstić information content (AvgIpc) is 3.44. The van der Waals surface area contributed by atoms with Crippen LogP contribution >= 0.6 is 0 Å². The lowest BCUT2D eigenvalue weighted by molar-refractivity contribution is -0.180. The number of aromatic amines is 1. The van der Waals surface area contributed by atoms with E-state index in [1.54, 1.807) is 7.11 Å². The van der Waals surface area contributed by atoms with E-state index in [2.05, 4.69) is 9.88 Å². The molecule has 3 aliphatic rings. The van der Waals surface area contributed by atoms with Crippen LogP contribution in [0.5, 0.6) is 23.0 Å². The van der Waals surface area contributed by atoms with Gasteiger partial charge in [0, 0.05) is 36.3 Å². The lowest BCUT2D eigenvalue weighted by Gasteiger charge is -2.54. The van der Waals surface area contributed by atoms with Gasteiger partial charge < -0.3 is 38.1 Å². The largest absolute Gasteiger partial charge is 0.497 e. The zero-order valence-electron chi connectivity index (χ0n) is 33.5. The molecule has 0 bridgehead atoms. The summed E-state index contributed by atoms with van der Waals surface area (Å²) in [5.41, 5.74) is 2.63. The van der Waals surface area contributed by atoms with Crippen molar-refractivity contribution >= 4 is 22.8 Å². The zero-order valence-corrected chi connectivity index (χ0v) is 24.5. The van der Waals surface area contributed by atoms with Crippen LogP contribution in [0.15, 0.2) is 30.3 Å². The van der Waals surface area contributed by atoms with Crippen LogP contribution in [-0.4, -0.2) is 89.6 Å². The van der Waals surface area contributed by atoms with Crippen LogP contribution in [0.3, 0.4) is 0 Å². The highest BCUT2D eigenvalue weighted by atomic mass is 16.6. The van der Waals surface area contributed by atoms with Gasteiger partial charge in [-0.2, -0.15) is 0 Å². The Balaban J connectivity index is 1.37. The van der Waals surface area contributed by atoms with E-state index >= 15 is 0 Å². The summed E-state index contributed by atoms with van der Waals surface area (Å²) in [7, 11) is -5.26. The molecule has 0 unspecified atom stereocenters. The highest BCUT2D eigenvalue weighted by Gasteiger charge is 2.57. The molecule has 1 aliphatic carbocycles. The summed E-state index contributed by atoms with van der Waals surface area (Å²) >= 11 is 0. The molecule has 236 valence electrons. The number of carbonyl (C=O) groups excluding carboxylic acids is 2. The number of ether oxygens (including phenoxy) is 7. The normalized spacial score (nSPS) is 30.0. The third-order valence-electron chi connectivity index (χ3n) is 9.43. The molecule has 6 rings (SSSR count). The quantitative estimate of drug-likeness (QED) is 0.369. The average molecular weight is 618 g/mol. The van der Waals surface area contributed by atoms with E-state index in [0.717, 1.165) is 47.3 Å². The van der Waals surface area contributed by atoms with Crippen molar-refractivity contribution in [3.05, 3.63) is 47.2 Å². The highest BCUT2D eigenvalue weighted by Crippen LogP contribution is 2.53. The second kappa shape index (κ2) is 12.2. The Morgan fingerprint density at radius 3 is 2.43 bits per heavy atom. The monoisotopic (exact) mass is 617 g/mol. The lowest BCUT2D eigenvalue weighted by Crippen LogP contribution is -2.59. The first-order valence-corrected chi connectivity index (χ1v) is 14.3. The minimum absolute atomic E-state index is 0.143. The van der Waals surface area contributed by atoms with Crippen LogP contribution in [0.4, 0.5) is 0 Å². The summed E-state index contributed by atoms with van der Waals surface area (Å²) < 4.78 is 106.